The van der Waals surface area contributed by atoms with Crippen molar-refractivity contribution in [2.24, 2.45) is 0 Å². The number of benzene rings is 1. The number of esters is 1. The highest BCUT2D eigenvalue weighted by Gasteiger charge is 2.52. The molecule has 1 aromatic rings. The van der Waals surface area contributed by atoms with E-state index in [9.17, 15) is 9.59 Å². The maximum atomic E-state index is 15.1. The number of carbonyl (C=O) groups excluding carboxylic acids is 2. The van der Waals surface area contributed by atoms with E-state index in [-0.39, 0.29) is 23.6 Å². The smallest absolute Gasteiger partial charge is 0.466 e. The number of ether oxygens (including phenoxy) is 2. The van der Waals surface area contributed by atoms with E-state index >= 15 is 4.39 Å². The molecule has 2 rings (SSSR count). The standard InChI is InChI=1S/C22H32BClFNO6/c1-9-29-17(27)12-16(26-19(28)30-20(2,3)4)14-10-13(11-15(24)18(14)25)23-31-21(5,6)22(7,8)32-23/h10-11,16H,9,12H2,1-8H3,(H,26,28)/t16-/m0/s1. The molecule has 1 aromatic carbocycles. The van der Waals surface area contributed by atoms with Gasteiger partial charge in [0, 0.05) is 5.56 Å². The summed E-state index contributed by atoms with van der Waals surface area (Å²) in [5, 5.41) is 2.37. The summed E-state index contributed by atoms with van der Waals surface area (Å²) < 4.78 is 37.4. The molecule has 10 heteroatoms. The predicted molar refractivity (Wildman–Crippen MR) is 120 cm³/mol. The molecule has 1 atom stereocenters. The summed E-state index contributed by atoms with van der Waals surface area (Å²) in [5.41, 5.74) is -1.54. The van der Waals surface area contributed by atoms with E-state index in [2.05, 4.69) is 5.32 Å². The second-order valence-electron chi connectivity index (χ2n) is 9.70. The second kappa shape index (κ2) is 9.57. The summed E-state index contributed by atoms with van der Waals surface area (Å²) in [6, 6.07) is 1.81. The van der Waals surface area contributed by atoms with Crippen LogP contribution in [-0.2, 0) is 23.6 Å². The van der Waals surface area contributed by atoms with Crippen LogP contribution in [0.5, 0.6) is 0 Å². The van der Waals surface area contributed by atoms with Crippen molar-refractivity contribution in [2.45, 2.75) is 84.7 Å². The van der Waals surface area contributed by atoms with E-state index in [0.29, 0.717) is 5.46 Å². The number of nitrogens with one attached hydrogen (secondary N) is 1. The van der Waals surface area contributed by atoms with Crippen molar-refractivity contribution in [2.75, 3.05) is 6.61 Å². The Balaban J connectivity index is 2.43. The van der Waals surface area contributed by atoms with Gasteiger partial charge >= 0.3 is 19.2 Å². The van der Waals surface area contributed by atoms with Gasteiger partial charge in [-0.1, -0.05) is 17.7 Å². The van der Waals surface area contributed by atoms with Gasteiger partial charge in [0.1, 0.15) is 11.4 Å². The van der Waals surface area contributed by atoms with E-state index in [4.69, 9.17) is 30.4 Å². The van der Waals surface area contributed by atoms with Gasteiger partial charge in [0.25, 0.3) is 0 Å². The molecule has 178 valence electrons. The first-order chi connectivity index (χ1) is 14.6. The Morgan fingerprint density at radius 1 is 1.19 bits per heavy atom. The van der Waals surface area contributed by atoms with Gasteiger partial charge in [0.15, 0.2) is 0 Å². The number of hydrogen-bond donors (Lipinski definition) is 1. The first kappa shape index (κ1) is 26.4. The van der Waals surface area contributed by atoms with Crippen molar-refractivity contribution in [3.05, 3.63) is 28.5 Å². The fraction of sp³-hybridized carbons (Fsp3) is 0.636. The van der Waals surface area contributed by atoms with Crippen molar-refractivity contribution >= 4 is 36.2 Å². The Hall–Kier alpha value is -1.84. The molecule has 1 heterocycles. The highest BCUT2D eigenvalue weighted by atomic mass is 35.5. The zero-order chi connectivity index (χ0) is 24.5. The van der Waals surface area contributed by atoms with Crippen molar-refractivity contribution in [3.63, 3.8) is 0 Å². The van der Waals surface area contributed by atoms with Gasteiger partial charge in [-0.05, 0) is 66.9 Å². The number of carbonyl (C=O) groups is 2. The third-order valence-corrected chi connectivity index (χ3v) is 5.62. The van der Waals surface area contributed by atoms with Gasteiger partial charge in [0.2, 0.25) is 0 Å². The SMILES string of the molecule is CCOC(=O)C[C@H](NC(=O)OC(C)(C)C)c1cc(B2OC(C)(C)C(C)(C)O2)cc(Cl)c1F. The molecule has 1 N–H and O–H groups in total. The normalized spacial score (nSPS) is 18.2. The van der Waals surface area contributed by atoms with Crippen molar-refractivity contribution in [1.29, 1.82) is 0 Å². The molecule has 1 amide bonds. The average Bonchev–Trinajstić information content (AvgIpc) is 2.82. The number of amides is 1. The van der Waals surface area contributed by atoms with Gasteiger partial charge in [-0.25, -0.2) is 9.18 Å². The number of alkyl carbamates (subject to hydrolysis) is 1. The van der Waals surface area contributed by atoms with Gasteiger partial charge in [-0.15, -0.1) is 0 Å². The minimum Gasteiger partial charge on any atom is -0.466 e. The summed E-state index contributed by atoms with van der Waals surface area (Å²) >= 11 is 6.18. The lowest BCUT2D eigenvalue weighted by Crippen LogP contribution is -2.41. The maximum absolute atomic E-state index is 15.1. The summed E-state index contributed by atoms with van der Waals surface area (Å²) in [7, 11) is -0.804. The van der Waals surface area contributed by atoms with E-state index in [1.807, 2.05) is 27.7 Å². The van der Waals surface area contributed by atoms with Crippen LogP contribution in [0.4, 0.5) is 9.18 Å². The van der Waals surface area contributed by atoms with Crippen molar-refractivity contribution in [1.82, 2.24) is 5.32 Å². The quantitative estimate of drug-likeness (QED) is 0.492. The molecular formula is C22H32BClFNO6. The zero-order valence-corrected chi connectivity index (χ0v) is 20.7. The average molecular weight is 472 g/mol. The third-order valence-electron chi connectivity index (χ3n) is 5.35. The van der Waals surface area contributed by atoms with Crippen LogP contribution < -0.4 is 10.8 Å². The highest BCUT2D eigenvalue weighted by molar-refractivity contribution is 6.62. The molecule has 1 aliphatic heterocycles. The Kier molecular flexibility index (Phi) is 7.90. The molecule has 0 aromatic heterocycles. The van der Waals surface area contributed by atoms with Gasteiger partial charge in [-0.3, -0.25) is 4.79 Å². The molecule has 32 heavy (non-hydrogen) atoms. The Morgan fingerprint density at radius 3 is 2.25 bits per heavy atom. The van der Waals surface area contributed by atoms with Crippen LogP contribution in [0, 0.1) is 5.82 Å². The Morgan fingerprint density at radius 2 is 1.75 bits per heavy atom. The molecule has 0 aliphatic carbocycles. The molecule has 1 fully saturated rings. The molecular weight excluding hydrogens is 440 g/mol. The van der Waals surface area contributed by atoms with Crippen LogP contribution in [-0.4, -0.2) is 42.6 Å². The number of hydrogen-bond acceptors (Lipinski definition) is 6. The number of rotatable bonds is 6. The van der Waals surface area contributed by atoms with Crippen LogP contribution >= 0.6 is 11.6 Å². The minimum absolute atomic E-state index is 0.00104. The summed E-state index contributed by atoms with van der Waals surface area (Å²) in [6.45, 7) is 14.5. The van der Waals surface area contributed by atoms with Crippen molar-refractivity contribution in [3.8, 4) is 0 Å². The predicted octanol–water partition coefficient (Wildman–Crippen LogP) is 4.30. The molecule has 0 saturated carbocycles. The zero-order valence-electron chi connectivity index (χ0n) is 19.9. The summed E-state index contributed by atoms with van der Waals surface area (Å²) in [6.07, 6.45) is -1.11. The van der Waals surface area contributed by atoms with E-state index < -0.39 is 47.8 Å². The summed E-state index contributed by atoms with van der Waals surface area (Å²) in [4.78, 5) is 24.6. The molecule has 7 nitrogen and oxygen atoms in total. The molecule has 0 unspecified atom stereocenters. The lowest BCUT2D eigenvalue weighted by atomic mass is 9.77. The lowest BCUT2D eigenvalue weighted by Gasteiger charge is -2.32. The topological polar surface area (TPSA) is 83.1 Å². The van der Waals surface area contributed by atoms with Gasteiger partial charge < -0.3 is 24.1 Å². The highest BCUT2D eigenvalue weighted by Crippen LogP contribution is 2.37. The minimum atomic E-state index is -1.08. The molecule has 1 saturated heterocycles. The molecule has 0 bridgehead atoms. The van der Waals surface area contributed by atoms with E-state index in [1.165, 1.54) is 12.1 Å². The summed E-state index contributed by atoms with van der Waals surface area (Å²) in [5.74, 6) is -1.37. The third kappa shape index (κ3) is 6.36. The van der Waals surface area contributed by atoms with E-state index in [1.54, 1.807) is 27.7 Å². The maximum Gasteiger partial charge on any atom is 0.494 e. The monoisotopic (exact) mass is 471 g/mol. The Bertz CT molecular complexity index is 855. The van der Waals surface area contributed by atoms with Crippen molar-refractivity contribution < 1.29 is 32.8 Å². The van der Waals surface area contributed by atoms with Crippen LogP contribution in [0.3, 0.4) is 0 Å². The van der Waals surface area contributed by atoms with Crippen LogP contribution in [0.1, 0.15) is 73.4 Å². The van der Waals surface area contributed by atoms with Gasteiger partial charge in [0.05, 0.1) is 35.3 Å². The first-order valence-electron chi connectivity index (χ1n) is 10.6. The number of halogens is 2. The van der Waals surface area contributed by atoms with Crippen LogP contribution in [0.2, 0.25) is 5.02 Å². The molecule has 0 spiro atoms. The first-order valence-corrected chi connectivity index (χ1v) is 10.9. The fourth-order valence-electron chi connectivity index (χ4n) is 3.08. The lowest BCUT2D eigenvalue weighted by molar-refractivity contribution is -0.143. The van der Waals surface area contributed by atoms with Crippen LogP contribution in [0.25, 0.3) is 0 Å². The molecule has 1 aliphatic rings. The van der Waals surface area contributed by atoms with Crippen LogP contribution in [0.15, 0.2) is 12.1 Å². The Labute approximate surface area is 194 Å². The second-order valence-corrected chi connectivity index (χ2v) is 10.1. The molecule has 0 radical (unpaired) electrons. The fourth-order valence-corrected chi connectivity index (χ4v) is 3.31. The van der Waals surface area contributed by atoms with Gasteiger partial charge in [-0.2, -0.15) is 0 Å². The van der Waals surface area contributed by atoms with E-state index in [0.717, 1.165) is 0 Å². The largest absolute Gasteiger partial charge is 0.494 e.